The van der Waals surface area contributed by atoms with E-state index in [4.69, 9.17) is 9.47 Å². The van der Waals surface area contributed by atoms with Gasteiger partial charge in [-0.3, -0.25) is 9.36 Å². The number of carbonyl (C=O) groups is 1. The molecule has 8 heteroatoms. The van der Waals surface area contributed by atoms with Crippen LogP contribution in [0.1, 0.15) is 11.1 Å². The van der Waals surface area contributed by atoms with E-state index in [0.29, 0.717) is 18.3 Å². The molecule has 0 saturated carbocycles. The van der Waals surface area contributed by atoms with E-state index in [2.05, 4.69) is 15.5 Å². The highest BCUT2D eigenvalue weighted by Gasteiger charge is 2.16. The van der Waals surface area contributed by atoms with Crippen molar-refractivity contribution >= 4 is 23.4 Å². The summed E-state index contributed by atoms with van der Waals surface area (Å²) in [6, 6.07) is 13.6. The number of benzene rings is 2. The van der Waals surface area contributed by atoms with Crippen LogP contribution in [0.3, 0.4) is 0 Å². The Labute approximate surface area is 180 Å². The second kappa shape index (κ2) is 10.3. The standard InChI is InChI=1S/C22H26N4O3S/c1-15-5-6-16(2)19(13-15)23-20(27)14-30-22-25-24-21(26(22)11-12-28-3)17-7-9-18(29-4)10-8-17/h5-10,13H,11-12,14H2,1-4H3,(H,23,27). The topological polar surface area (TPSA) is 78.3 Å². The Morgan fingerprint density at radius 2 is 1.87 bits per heavy atom. The summed E-state index contributed by atoms with van der Waals surface area (Å²) in [7, 11) is 3.29. The molecule has 0 aliphatic heterocycles. The summed E-state index contributed by atoms with van der Waals surface area (Å²) >= 11 is 1.36. The summed E-state index contributed by atoms with van der Waals surface area (Å²) in [5.74, 6) is 1.66. The SMILES string of the molecule is COCCn1c(SCC(=O)Nc2cc(C)ccc2C)nnc1-c1ccc(OC)cc1. The highest BCUT2D eigenvalue weighted by molar-refractivity contribution is 7.99. The van der Waals surface area contributed by atoms with Crippen LogP contribution in [0.15, 0.2) is 47.6 Å². The van der Waals surface area contributed by atoms with Gasteiger partial charge in [0.25, 0.3) is 0 Å². The zero-order valence-corrected chi connectivity index (χ0v) is 18.5. The van der Waals surface area contributed by atoms with Gasteiger partial charge >= 0.3 is 0 Å². The molecule has 0 bridgehead atoms. The number of aromatic nitrogens is 3. The lowest BCUT2D eigenvalue weighted by Gasteiger charge is -2.11. The number of hydrogen-bond acceptors (Lipinski definition) is 6. The Morgan fingerprint density at radius 3 is 2.57 bits per heavy atom. The molecule has 0 aliphatic carbocycles. The maximum atomic E-state index is 12.5. The second-order valence-electron chi connectivity index (χ2n) is 6.83. The van der Waals surface area contributed by atoms with Crippen LogP contribution in [0, 0.1) is 13.8 Å². The van der Waals surface area contributed by atoms with Crippen molar-refractivity contribution in [2.45, 2.75) is 25.5 Å². The first-order valence-electron chi connectivity index (χ1n) is 9.58. The number of hydrogen-bond donors (Lipinski definition) is 1. The number of rotatable bonds is 9. The van der Waals surface area contributed by atoms with Crippen LogP contribution >= 0.6 is 11.8 Å². The van der Waals surface area contributed by atoms with E-state index in [-0.39, 0.29) is 11.7 Å². The average Bonchev–Trinajstić information content (AvgIpc) is 3.16. The molecular formula is C22H26N4O3S. The smallest absolute Gasteiger partial charge is 0.234 e. The van der Waals surface area contributed by atoms with Crippen molar-refractivity contribution in [3.8, 4) is 17.1 Å². The van der Waals surface area contributed by atoms with Gasteiger partial charge in [-0.15, -0.1) is 10.2 Å². The van der Waals surface area contributed by atoms with Gasteiger partial charge in [-0.2, -0.15) is 0 Å². The van der Waals surface area contributed by atoms with Gasteiger partial charge in [-0.1, -0.05) is 23.9 Å². The first-order valence-corrected chi connectivity index (χ1v) is 10.6. The monoisotopic (exact) mass is 426 g/mol. The Hall–Kier alpha value is -2.84. The molecule has 0 saturated heterocycles. The van der Waals surface area contributed by atoms with Gasteiger partial charge in [0.1, 0.15) is 5.75 Å². The maximum absolute atomic E-state index is 12.5. The molecule has 7 nitrogen and oxygen atoms in total. The molecule has 2 aromatic carbocycles. The number of thioether (sulfide) groups is 1. The molecule has 30 heavy (non-hydrogen) atoms. The predicted octanol–water partition coefficient (Wildman–Crippen LogP) is 3.95. The minimum Gasteiger partial charge on any atom is -0.497 e. The van der Waals surface area contributed by atoms with Crippen LogP contribution in [0.4, 0.5) is 5.69 Å². The van der Waals surface area contributed by atoms with Crippen molar-refractivity contribution in [1.29, 1.82) is 0 Å². The molecular weight excluding hydrogens is 400 g/mol. The van der Waals surface area contributed by atoms with Crippen LogP contribution in [-0.2, 0) is 16.1 Å². The van der Waals surface area contributed by atoms with Gasteiger partial charge in [0.2, 0.25) is 5.91 Å². The minimum atomic E-state index is -0.0824. The molecule has 0 atom stereocenters. The van der Waals surface area contributed by atoms with E-state index >= 15 is 0 Å². The van der Waals surface area contributed by atoms with E-state index in [1.54, 1.807) is 14.2 Å². The molecule has 0 fully saturated rings. The van der Waals surface area contributed by atoms with Crippen molar-refractivity contribution in [3.63, 3.8) is 0 Å². The molecule has 1 heterocycles. The summed E-state index contributed by atoms with van der Waals surface area (Å²) in [5.41, 5.74) is 3.89. The number of anilines is 1. The molecule has 1 N–H and O–H groups in total. The van der Waals surface area contributed by atoms with Crippen molar-refractivity contribution in [1.82, 2.24) is 14.8 Å². The number of methoxy groups -OCH3 is 2. The average molecular weight is 427 g/mol. The first-order chi connectivity index (χ1) is 14.5. The zero-order chi connectivity index (χ0) is 21.5. The highest BCUT2D eigenvalue weighted by atomic mass is 32.2. The molecule has 3 rings (SSSR count). The van der Waals surface area contributed by atoms with Gasteiger partial charge in [0, 0.05) is 18.4 Å². The van der Waals surface area contributed by atoms with Crippen LogP contribution < -0.4 is 10.1 Å². The highest BCUT2D eigenvalue weighted by Crippen LogP contribution is 2.26. The number of ether oxygens (including phenoxy) is 2. The third-order valence-corrected chi connectivity index (χ3v) is 5.55. The Bertz CT molecular complexity index is 1000. The fourth-order valence-corrected chi connectivity index (χ4v) is 3.68. The number of nitrogens with zero attached hydrogens (tertiary/aromatic N) is 3. The summed E-state index contributed by atoms with van der Waals surface area (Å²) in [5, 5.41) is 12.3. The number of amides is 1. The Morgan fingerprint density at radius 1 is 1.10 bits per heavy atom. The van der Waals surface area contributed by atoms with Crippen LogP contribution in [0.2, 0.25) is 0 Å². The Kier molecular flexibility index (Phi) is 7.48. The van der Waals surface area contributed by atoms with E-state index in [1.165, 1.54) is 11.8 Å². The molecule has 1 amide bonds. The molecule has 0 unspecified atom stereocenters. The third-order valence-electron chi connectivity index (χ3n) is 4.58. The van der Waals surface area contributed by atoms with Gasteiger partial charge in [-0.05, 0) is 55.3 Å². The van der Waals surface area contributed by atoms with Crippen molar-refractivity contribution in [2.24, 2.45) is 0 Å². The van der Waals surface area contributed by atoms with Crippen LogP contribution in [0.25, 0.3) is 11.4 Å². The van der Waals surface area contributed by atoms with Crippen molar-refractivity contribution in [3.05, 3.63) is 53.6 Å². The van der Waals surface area contributed by atoms with Crippen LogP contribution in [0.5, 0.6) is 5.75 Å². The fourth-order valence-electron chi connectivity index (χ4n) is 2.92. The van der Waals surface area contributed by atoms with Crippen molar-refractivity contribution in [2.75, 3.05) is 31.9 Å². The van der Waals surface area contributed by atoms with E-state index in [0.717, 1.165) is 34.0 Å². The zero-order valence-electron chi connectivity index (χ0n) is 17.6. The van der Waals surface area contributed by atoms with Gasteiger partial charge in [0.05, 0.1) is 26.0 Å². The number of carbonyl (C=O) groups excluding carboxylic acids is 1. The normalized spacial score (nSPS) is 10.8. The van der Waals surface area contributed by atoms with E-state index < -0.39 is 0 Å². The van der Waals surface area contributed by atoms with Gasteiger partial charge in [0.15, 0.2) is 11.0 Å². The minimum absolute atomic E-state index is 0.0824. The largest absolute Gasteiger partial charge is 0.497 e. The lowest BCUT2D eigenvalue weighted by molar-refractivity contribution is -0.113. The lowest BCUT2D eigenvalue weighted by Crippen LogP contribution is -2.16. The van der Waals surface area contributed by atoms with Crippen LogP contribution in [-0.4, -0.2) is 47.3 Å². The molecule has 1 aromatic heterocycles. The second-order valence-corrected chi connectivity index (χ2v) is 7.78. The van der Waals surface area contributed by atoms with Gasteiger partial charge in [-0.25, -0.2) is 0 Å². The summed E-state index contributed by atoms with van der Waals surface area (Å²) in [6.07, 6.45) is 0. The third kappa shape index (κ3) is 5.40. The number of nitrogens with one attached hydrogen (secondary N) is 1. The molecule has 158 valence electrons. The van der Waals surface area contributed by atoms with E-state index in [1.807, 2.05) is 60.9 Å². The number of aryl methyl sites for hydroxylation is 2. The predicted molar refractivity (Wildman–Crippen MR) is 119 cm³/mol. The van der Waals surface area contributed by atoms with Crippen molar-refractivity contribution < 1.29 is 14.3 Å². The summed E-state index contributed by atoms with van der Waals surface area (Å²) < 4.78 is 12.4. The lowest BCUT2D eigenvalue weighted by atomic mass is 10.1. The summed E-state index contributed by atoms with van der Waals surface area (Å²) in [4.78, 5) is 12.5. The van der Waals surface area contributed by atoms with E-state index in [9.17, 15) is 4.79 Å². The molecule has 3 aromatic rings. The quantitative estimate of drug-likeness (QED) is 0.522. The molecule has 0 aliphatic rings. The maximum Gasteiger partial charge on any atom is 0.234 e. The molecule has 0 radical (unpaired) electrons. The fraction of sp³-hybridized carbons (Fsp3) is 0.318. The first kappa shape index (κ1) is 21.9. The Balaban J connectivity index is 1.73. The molecule has 0 spiro atoms. The van der Waals surface area contributed by atoms with Gasteiger partial charge < -0.3 is 14.8 Å². The summed E-state index contributed by atoms with van der Waals surface area (Å²) in [6.45, 7) is 5.09.